The maximum atomic E-state index is 13.4. The molecule has 0 saturated carbocycles. The molecule has 1 aliphatic rings. The van der Waals surface area contributed by atoms with Crippen LogP contribution in [0.15, 0.2) is 24.5 Å². The molecule has 5 nitrogen and oxygen atoms in total. The second kappa shape index (κ2) is 4.38. The SMILES string of the molecule is Nc1ccc(CN2CCn3cnnc3C2)cc1F. The van der Waals surface area contributed by atoms with E-state index in [2.05, 4.69) is 15.1 Å². The highest BCUT2D eigenvalue weighted by Gasteiger charge is 2.17. The van der Waals surface area contributed by atoms with Gasteiger partial charge in [-0.05, 0) is 17.7 Å². The number of hydrogen-bond acceptors (Lipinski definition) is 4. The monoisotopic (exact) mass is 247 g/mol. The van der Waals surface area contributed by atoms with E-state index in [9.17, 15) is 4.39 Å². The van der Waals surface area contributed by atoms with Crippen LogP contribution in [0.4, 0.5) is 10.1 Å². The molecule has 0 bridgehead atoms. The van der Waals surface area contributed by atoms with Crippen molar-refractivity contribution in [3.8, 4) is 0 Å². The first-order chi connectivity index (χ1) is 8.72. The molecule has 2 aromatic rings. The fourth-order valence-corrected chi connectivity index (χ4v) is 2.18. The largest absolute Gasteiger partial charge is 0.396 e. The third-order valence-electron chi connectivity index (χ3n) is 3.19. The minimum absolute atomic E-state index is 0.192. The van der Waals surface area contributed by atoms with Crippen LogP contribution in [-0.2, 0) is 19.6 Å². The first-order valence-electron chi connectivity index (χ1n) is 5.85. The van der Waals surface area contributed by atoms with Gasteiger partial charge in [0.15, 0.2) is 0 Å². The lowest BCUT2D eigenvalue weighted by Crippen LogP contribution is -2.33. The van der Waals surface area contributed by atoms with Gasteiger partial charge in [0.1, 0.15) is 18.0 Å². The number of rotatable bonds is 2. The van der Waals surface area contributed by atoms with Gasteiger partial charge in [0.2, 0.25) is 0 Å². The molecule has 18 heavy (non-hydrogen) atoms. The number of nitrogens with zero attached hydrogens (tertiary/aromatic N) is 4. The number of anilines is 1. The predicted octanol–water partition coefficient (Wildman–Crippen LogP) is 1.02. The van der Waals surface area contributed by atoms with E-state index >= 15 is 0 Å². The quantitative estimate of drug-likeness (QED) is 0.805. The summed E-state index contributed by atoms with van der Waals surface area (Å²) in [5.41, 5.74) is 6.58. The van der Waals surface area contributed by atoms with Crippen LogP contribution in [0.2, 0.25) is 0 Å². The lowest BCUT2D eigenvalue weighted by Gasteiger charge is -2.26. The van der Waals surface area contributed by atoms with Crippen LogP contribution in [0.5, 0.6) is 0 Å². The Balaban J connectivity index is 1.72. The molecule has 0 unspecified atom stereocenters. The maximum Gasteiger partial charge on any atom is 0.147 e. The molecule has 1 aromatic heterocycles. The number of fused-ring (bicyclic) bond motifs is 1. The van der Waals surface area contributed by atoms with Gasteiger partial charge in [-0.15, -0.1) is 10.2 Å². The Morgan fingerprint density at radius 3 is 3.06 bits per heavy atom. The molecule has 6 heteroatoms. The van der Waals surface area contributed by atoms with Crippen LogP contribution >= 0.6 is 0 Å². The molecule has 1 aromatic carbocycles. The summed E-state index contributed by atoms with van der Waals surface area (Å²) < 4.78 is 15.4. The lowest BCUT2D eigenvalue weighted by atomic mass is 10.1. The molecule has 94 valence electrons. The second-order valence-corrected chi connectivity index (χ2v) is 4.51. The van der Waals surface area contributed by atoms with Crippen molar-refractivity contribution in [2.75, 3.05) is 12.3 Å². The molecule has 0 spiro atoms. The van der Waals surface area contributed by atoms with E-state index < -0.39 is 0 Å². The summed E-state index contributed by atoms with van der Waals surface area (Å²) in [4.78, 5) is 2.22. The van der Waals surface area contributed by atoms with Gasteiger partial charge in [-0.1, -0.05) is 6.07 Å². The lowest BCUT2D eigenvalue weighted by molar-refractivity contribution is 0.208. The summed E-state index contributed by atoms with van der Waals surface area (Å²) >= 11 is 0. The molecule has 2 N–H and O–H groups in total. The number of nitrogens with two attached hydrogens (primary N) is 1. The minimum atomic E-state index is -0.354. The van der Waals surface area contributed by atoms with Gasteiger partial charge in [-0.25, -0.2) is 4.39 Å². The Bertz CT molecular complexity index is 565. The van der Waals surface area contributed by atoms with Crippen molar-refractivity contribution in [2.45, 2.75) is 19.6 Å². The average Bonchev–Trinajstić information content (AvgIpc) is 2.81. The van der Waals surface area contributed by atoms with E-state index in [-0.39, 0.29) is 11.5 Å². The zero-order valence-electron chi connectivity index (χ0n) is 9.88. The first-order valence-corrected chi connectivity index (χ1v) is 5.85. The Labute approximate surface area is 104 Å². The molecule has 0 saturated heterocycles. The van der Waals surface area contributed by atoms with Gasteiger partial charge < -0.3 is 10.3 Å². The zero-order chi connectivity index (χ0) is 12.5. The molecular weight excluding hydrogens is 233 g/mol. The van der Waals surface area contributed by atoms with E-state index in [0.29, 0.717) is 6.54 Å². The smallest absolute Gasteiger partial charge is 0.147 e. The van der Waals surface area contributed by atoms with E-state index in [4.69, 9.17) is 5.73 Å². The number of hydrogen-bond donors (Lipinski definition) is 1. The predicted molar refractivity (Wildman–Crippen MR) is 64.9 cm³/mol. The standard InChI is InChI=1S/C12H14FN5/c13-10-5-9(1-2-11(10)14)6-17-3-4-18-8-15-16-12(18)7-17/h1-2,5,8H,3-4,6-7,14H2. The van der Waals surface area contributed by atoms with Crippen LogP contribution in [0.1, 0.15) is 11.4 Å². The van der Waals surface area contributed by atoms with E-state index in [0.717, 1.165) is 31.0 Å². The highest BCUT2D eigenvalue weighted by atomic mass is 19.1. The minimum Gasteiger partial charge on any atom is -0.396 e. The number of benzene rings is 1. The van der Waals surface area contributed by atoms with Crippen molar-refractivity contribution in [1.29, 1.82) is 0 Å². The van der Waals surface area contributed by atoms with E-state index in [1.807, 2.05) is 10.6 Å². The molecular formula is C12H14FN5. The molecule has 2 heterocycles. The Morgan fingerprint density at radius 1 is 1.33 bits per heavy atom. The van der Waals surface area contributed by atoms with Gasteiger partial charge >= 0.3 is 0 Å². The number of halogens is 1. The van der Waals surface area contributed by atoms with Gasteiger partial charge in [0.25, 0.3) is 0 Å². The topological polar surface area (TPSA) is 60.0 Å². The van der Waals surface area contributed by atoms with E-state index in [1.54, 1.807) is 12.4 Å². The third-order valence-corrected chi connectivity index (χ3v) is 3.19. The van der Waals surface area contributed by atoms with Crippen molar-refractivity contribution in [1.82, 2.24) is 19.7 Å². The van der Waals surface area contributed by atoms with Gasteiger partial charge in [0.05, 0.1) is 12.2 Å². The molecule has 3 rings (SSSR count). The number of aromatic nitrogens is 3. The average molecular weight is 247 g/mol. The van der Waals surface area contributed by atoms with Crippen molar-refractivity contribution in [2.24, 2.45) is 0 Å². The van der Waals surface area contributed by atoms with Crippen LogP contribution in [0.3, 0.4) is 0 Å². The molecule has 0 aliphatic carbocycles. The molecule has 0 amide bonds. The van der Waals surface area contributed by atoms with Gasteiger partial charge in [-0.3, -0.25) is 4.90 Å². The summed E-state index contributed by atoms with van der Waals surface area (Å²) in [6, 6.07) is 4.96. The van der Waals surface area contributed by atoms with Crippen LogP contribution < -0.4 is 5.73 Å². The molecule has 1 aliphatic heterocycles. The van der Waals surface area contributed by atoms with Crippen molar-refractivity contribution in [3.05, 3.63) is 41.7 Å². The summed E-state index contributed by atoms with van der Waals surface area (Å²) in [6.07, 6.45) is 1.75. The van der Waals surface area contributed by atoms with Gasteiger partial charge in [-0.2, -0.15) is 0 Å². The fourth-order valence-electron chi connectivity index (χ4n) is 2.18. The van der Waals surface area contributed by atoms with Crippen LogP contribution in [0.25, 0.3) is 0 Å². The summed E-state index contributed by atoms with van der Waals surface area (Å²) in [5, 5.41) is 7.94. The highest BCUT2D eigenvalue weighted by molar-refractivity contribution is 5.41. The normalized spacial score (nSPS) is 15.6. The third kappa shape index (κ3) is 2.06. The zero-order valence-corrected chi connectivity index (χ0v) is 9.88. The van der Waals surface area contributed by atoms with Crippen LogP contribution in [0, 0.1) is 5.82 Å². The first kappa shape index (κ1) is 11.2. The molecule has 0 atom stereocenters. The van der Waals surface area contributed by atoms with Crippen molar-refractivity contribution in [3.63, 3.8) is 0 Å². The van der Waals surface area contributed by atoms with E-state index in [1.165, 1.54) is 6.07 Å². The number of nitrogen functional groups attached to an aromatic ring is 1. The van der Waals surface area contributed by atoms with Crippen LogP contribution in [-0.4, -0.2) is 26.2 Å². The molecule has 0 radical (unpaired) electrons. The molecule has 0 fully saturated rings. The van der Waals surface area contributed by atoms with Crippen molar-refractivity contribution < 1.29 is 4.39 Å². The fraction of sp³-hybridized carbons (Fsp3) is 0.333. The Kier molecular flexibility index (Phi) is 2.71. The summed E-state index contributed by atoms with van der Waals surface area (Å²) in [5.74, 6) is 0.602. The Hall–Kier alpha value is -1.95. The maximum absolute atomic E-state index is 13.4. The highest BCUT2D eigenvalue weighted by Crippen LogP contribution is 2.16. The van der Waals surface area contributed by atoms with Crippen molar-refractivity contribution >= 4 is 5.69 Å². The second-order valence-electron chi connectivity index (χ2n) is 4.51. The summed E-state index contributed by atoms with van der Waals surface area (Å²) in [6.45, 7) is 3.23. The summed E-state index contributed by atoms with van der Waals surface area (Å²) in [7, 11) is 0. The Morgan fingerprint density at radius 2 is 2.22 bits per heavy atom. The van der Waals surface area contributed by atoms with Gasteiger partial charge in [0, 0.05) is 19.6 Å².